The minimum Gasteiger partial charge on any atom is -0.327 e. The first-order valence-electron chi connectivity index (χ1n) is 7.88. The molecule has 0 aromatic carbocycles. The van der Waals surface area contributed by atoms with E-state index in [2.05, 4.69) is 13.8 Å². The molecule has 116 valence electrons. The highest BCUT2D eigenvalue weighted by atomic mass is 32.2. The fourth-order valence-electron chi connectivity index (χ4n) is 4.41. The average Bonchev–Trinajstić information content (AvgIpc) is 2.91. The summed E-state index contributed by atoms with van der Waals surface area (Å²) in [5.41, 5.74) is 6.11. The van der Waals surface area contributed by atoms with Gasteiger partial charge in [-0.2, -0.15) is 17.0 Å². The molecule has 2 saturated heterocycles. The Morgan fingerprint density at radius 2 is 1.55 bits per heavy atom. The van der Waals surface area contributed by atoms with Gasteiger partial charge in [-0.15, -0.1) is 0 Å². The molecule has 1 saturated carbocycles. The largest absolute Gasteiger partial charge is 0.327 e. The van der Waals surface area contributed by atoms with Gasteiger partial charge < -0.3 is 5.73 Å². The minimum atomic E-state index is -3.28. The topological polar surface area (TPSA) is 66.6 Å². The van der Waals surface area contributed by atoms with Crippen molar-refractivity contribution in [2.75, 3.05) is 26.2 Å². The standard InChI is InChI=1S/C14H27N3O2S/c1-10-5-11(2)7-16(6-10)20(18,19)17-8-12-3-4-14(15)13(12)9-17/h10-14H,3-9,15H2,1-2H3. The van der Waals surface area contributed by atoms with E-state index < -0.39 is 10.2 Å². The summed E-state index contributed by atoms with van der Waals surface area (Å²) in [6.07, 6.45) is 3.27. The van der Waals surface area contributed by atoms with E-state index >= 15 is 0 Å². The molecule has 3 rings (SSSR count). The van der Waals surface area contributed by atoms with E-state index in [4.69, 9.17) is 5.73 Å². The summed E-state index contributed by atoms with van der Waals surface area (Å²) in [6, 6.07) is 0.194. The number of nitrogens with two attached hydrogens (primary N) is 1. The van der Waals surface area contributed by atoms with Crippen LogP contribution >= 0.6 is 0 Å². The fraction of sp³-hybridized carbons (Fsp3) is 1.00. The number of nitrogens with zero attached hydrogens (tertiary/aromatic N) is 2. The number of piperidine rings is 1. The van der Waals surface area contributed by atoms with Crippen LogP contribution in [0.5, 0.6) is 0 Å². The van der Waals surface area contributed by atoms with E-state index in [0.717, 1.165) is 19.3 Å². The summed E-state index contributed by atoms with van der Waals surface area (Å²) in [5.74, 6) is 1.78. The van der Waals surface area contributed by atoms with Crippen LogP contribution in [0.4, 0.5) is 0 Å². The second-order valence-electron chi connectivity index (χ2n) is 7.25. The van der Waals surface area contributed by atoms with Crippen molar-refractivity contribution in [1.82, 2.24) is 8.61 Å². The van der Waals surface area contributed by atoms with Gasteiger partial charge in [0.05, 0.1) is 0 Å². The Bertz CT molecular complexity index is 457. The molecule has 3 aliphatic rings. The lowest BCUT2D eigenvalue weighted by molar-refractivity contribution is 0.210. The number of rotatable bonds is 2. The number of hydrogen-bond donors (Lipinski definition) is 1. The first kappa shape index (κ1) is 14.8. The van der Waals surface area contributed by atoms with E-state index in [1.807, 2.05) is 0 Å². The van der Waals surface area contributed by atoms with Gasteiger partial charge in [0.2, 0.25) is 0 Å². The van der Waals surface area contributed by atoms with Crippen molar-refractivity contribution in [2.45, 2.75) is 39.2 Å². The van der Waals surface area contributed by atoms with E-state index in [1.54, 1.807) is 8.61 Å². The van der Waals surface area contributed by atoms with E-state index in [9.17, 15) is 8.42 Å². The highest BCUT2D eigenvalue weighted by molar-refractivity contribution is 7.86. The van der Waals surface area contributed by atoms with Crippen LogP contribution in [0.25, 0.3) is 0 Å². The Morgan fingerprint density at radius 3 is 2.15 bits per heavy atom. The van der Waals surface area contributed by atoms with Crippen molar-refractivity contribution in [3.05, 3.63) is 0 Å². The molecule has 2 aliphatic heterocycles. The molecule has 0 spiro atoms. The normalized spacial score (nSPS) is 43.9. The lowest BCUT2D eigenvalue weighted by Crippen LogP contribution is -2.49. The van der Waals surface area contributed by atoms with Crippen molar-refractivity contribution >= 4 is 10.2 Å². The Hall–Kier alpha value is -0.170. The van der Waals surface area contributed by atoms with Crippen molar-refractivity contribution in [3.63, 3.8) is 0 Å². The zero-order chi connectivity index (χ0) is 14.5. The van der Waals surface area contributed by atoms with Crippen LogP contribution in [0.2, 0.25) is 0 Å². The molecule has 5 unspecified atom stereocenters. The number of fused-ring (bicyclic) bond motifs is 1. The lowest BCUT2D eigenvalue weighted by Gasteiger charge is -2.36. The summed E-state index contributed by atoms with van der Waals surface area (Å²) >= 11 is 0. The van der Waals surface area contributed by atoms with Gasteiger partial charge >= 0.3 is 0 Å². The highest BCUT2D eigenvalue weighted by Crippen LogP contribution is 2.39. The SMILES string of the molecule is CC1CC(C)CN(S(=O)(=O)N2CC3CCC(N)C3C2)C1. The number of hydrogen-bond acceptors (Lipinski definition) is 3. The zero-order valence-corrected chi connectivity index (χ0v) is 13.3. The monoisotopic (exact) mass is 301 g/mol. The summed E-state index contributed by atoms with van der Waals surface area (Å²) in [6.45, 7) is 6.95. The third-order valence-corrected chi connectivity index (χ3v) is 7.27. The van der Waals surface area contributed by atoms with Crippen LogP contribution in [0.1, 0.15) is 33.1 Å². The molecule has 0 aromatic rings. The zero-order valence-electron chi connectivity index (χ0n) is 12.5. The van der Waals surface area contributed by atoms with Crippen LogP contribution in [-0.2, 0) is 10.2 Å². The van der Waals surface area contributed by atoms with Gasteiger partial charge in [-0.25, -0.2) is 0 Å². The van der Waals surface area contributed by atoms with Gasteiger partial charge in [0, 0.05) is 32.2 Å². The van der Waals surface area contributed by atoms with Crippen LogP contribution < -0.4 is 5.73 Å². The van der Waals surface area contributed by atoms with Gasteiger partial charge in [0.15, 0.2) is 0 Å². The van der Waals surface area contributed by atoms with Crippen molar-refractivity contribution in [3.8, 4) is 0 Å². The molecule has 5 nitrogen and oxygen atoms in total. The Morgan fingerprint density at radius 1 is 0.950 bits per heavy atom. The smallest absolute Gasteiger partial charge is 0.282 e. The van der Waals surface area contributed by atoms with E-state index in [-0.39, 0.29) is 6.04 Å². The summed E-state index contributed by atoms with van der Waals surface area (Å²) in [5, 5.41) is 0. The first-order valence-corrected chi connectivity index (χ1v) is 9.28. The molecule has 0 radical (unpaired) electrons. The van der Waals surface area contributed by atoms with Crippen molar-refractivity contribution in [2.24, 2.45) is 29.4 Å². The van der Waals surface area contributed by atoms with Gasteiger partial charge in [-0.05, 0) is 42.9 Å². The summed E-state index contributed by atoms with van der Waals surface area (Å²) in [4.78, 5) is 0. The minimum absolute atomic E-state index is 0.194. The predicted molar refractivity (Wildman–Crippen MR) is 79.2 cm³/mol. The lowest BCUT2D eigenvalue weighted by atomic mass is 9.94. The molecule has 2 heterocycles. The molecule has 0 aromatic heterocycles. The van der Waals surface area contributed by atoms with Crippen LogP contribution in [-0.4, -0.2) is 49.2 Å². The molecule has 2 N–H and O–H groups in total. The van der Waals surface area contributed by atoms with E-state index in [1.165, 1.54) is 0 Å². The summed E-state index contributed by atoms with van der Waals surface area (Å²) in [7, 11) is -3.28. The molecule has 5 atom stereocenters. The molecule has 20 heavy (non-hydrogen) atoms. The van der Waals surface area contributed by atoms with Crippen LogP contribution in [0.3, 0.4) is 0 Å². The van der Waals surface area contributed by atoms with Crippen LogP contribution in [0, 0.1) is 23.7 Å². The predicted octanol–water partition coefficient (Wildman–Crippen LogP) is 0.878. The highest BCUT2D eigenvalue weighted by Gasteiger charge is 2.46. The molecule has 0 bridgehead atoms. The maximum absolute atomic E-state index is 12.8. The maximum atomic E-state index is 12.8. The molecule has 3 fully saturated rings. The van der Waals surface area contributed by atoms with Gasteiger partial charge in [-0.3, -0.25) is 0 Å². The third-order valence-electron chi connectivity index (χ3n) is 5.37. The molecule has 6 heteroatoms. The second kappa shape index (κ2) is 5.23. The third kappa shape index (κ3) is 2.51. The second-order valence-corrected chi connectivity index (χ2v) is 9.18. The van der Waals surface area contributed by atoms with Crippen molar-refractivity contribution < 1.29 is 8.42 Å². The van der Waals surface area contributed by atoms with Gasteiger partial charge in [-0.1, -0.05) is 13.8 Å². The quantitative estimate of drug-likeness (QED) is 0.823. The Balaban J connectivity index is 1.73. The Kier molecular flexibility index (Phi) is 3.86. The Labute approximate surface area is 122 Å². The van der Waals surface area contributed by atoms with Gasteiger partial charge in [0.25, 0.3) is 10.2 Å². The van der Waals surface area contributed by atoms with Crippen molar-refractivity contribution in [1.29, 1.82) is 0 Å². The van der Waals surface area contributed by atoms with E-state index in [0.29, 0.717) is 49.9 Å². The average molecular weight is 301 g/mol. The molecular formula is C14H27N3O2S. The fourth-order valence-corrected chi connectivity index (χ4v) is 6.37. The van der Waals surface area contributed by atoms with Gasteiger partial charge in [0.1, 0.15) is 0 Å². The molecule has 1 aliphatic carbocycles. The summed E-state index contributed by atoms with van der Waals surface area (Å²) < 4.78 is 29.1. The first-order chi connectivity index (χ1) is 9.38. The maximum Gasteiger partial charge on any atom is 0.282 e. The molecule has 0 amide bonds. The molecular weight excluding hydrogens is 274 g/mol. The van der Waals surface area contributed by atoms with Crippen LogP contribution in [0.15, 0.2) is 0 Å².